The molecule has 2 nitrogen and oxygen atoms in total. The Morgan fingerprint density at radius 1 is 1.18 bits per heavy atom. The highest BCUT2D eigenvalue weighted by Gasteiger charge is 2.12. The molecule has 0 aliphatic heterocycles. The topological polar surface area (TPSA) is 29.1 Å². The molecule has 1 aromatic rings. The van der Waals surface area contributed by atoms with Crippen LogP contribution in [-0.4, -0.2) is 22.8 Å². The summed E-state index contributed by atoms with van der Waals surface area (Å²) < 4.78 is 10.9. The zero-order valence-corrected chi connectivity index (χ0v) is 12.1. The van der Waals surface area contributed by atoms with E-state index in [1.807, 2.05) is 0 Å². The summed E-state index contributed by atoms with van der Waals surface area (Å²) in [5, 5.41) is 3.30. The Bertz CT molecular complexity index is 365. The SMILES string of the molecule is CS(=O)CCNCc1ccc(C(C)(C)C)cc1. The Labute approximate surface area is 107 Å². The molecule has 0 bridgehead atoms. The van der Waals surface area contributed by atoms with Crippen molar-refractivity contribution in [2.24, 2.45) is 0 Å². The van der Waals surface area contributed by atoms with E-state index in [1.54, 1.807) is 6.26 Å². The molecule has 0 fully saturated rings. The lowest BCUT2D eigenvalue weighted by Gasteiger charge is -2.19. The van der Waals surface area contributed by atoms with E-state index in [4.69, 9.17) is 0 Å². The van der Waals surface area contributed by atoms with Crippen molar-refractivity contribution in [2.45, 2.75) is 32.7 Å². The molecular weight excluding hydrogens is 230 g/mol. The van der Waals surface area contributed by atoms with Gasteiger partial charge in [0.1, 0.15) is 0 Å². The maximum atomic E-state index is 10.9. The van der Waals surface area contributed by atoms with Crippen LogP contribution < -0.4 is 5.32 Å². The van der Waals surface area contributed by atoms with Gasteiger partial charge in [-0.05, 0) is 16.5 Å². The van der Waals surface area contributed by atoms with Crippen molar-refractivity contribution >= 4 is 10.8 Å². The van der Waals surface area contributed by atoms with E-state index in [2.05, 4.69) is 50.4 Å². The molecule has 0 aliphatic carbocycles. The van der Waals surface area contributed by atoms with Crippen LogP contribution in [0, 0.1) is 0 Å². The molecule has 0 radical (unpaired) electrons. The van der Waals surface area contributed by atoms with Crippen LogP contribution in [0.2, 0.25) is 0 Å². The fourth-order valence-electron chi connectivity index (χ4n) is 1.57. The van der Waals surface area contributed by atoms with Gasteiger partial charge in [-0.1, -0.05) is 45.0 Å². The Hall–Kier alpha value is -0.670. The van der Waals surface area contributed by atoms with Crippen LogP contribution in [0.1, 0.15) is 31.9 Å². The third-order valence-corrected chi connectivity index (χ3v) is 3.49. The van der Waals surface area contributed by atoms with Crippen LogP contribution in [0.5, 0.6) is 0 Å². The van der Waals surface area contributed by atoms with Crippen molar-refractivity contribution in [3.05, 3.63) is 35.4 Å². The van der Waals surface area contributed by atoms with Gasteiger partial charge in [-0.3, -0.25) is 4.21 Å². The number of hydrogen-bond acceptors (Lipinski definition) is 2. The summed E-state index contributed by atoms with van der Waals surface area (Å²) in [5.41, 5.74) is 2.85. The zero-order valence-electron chi connectivity index (χ0n) is 11.2. The van der Waals surface area contributed by atoms with Gasteiger partial charge in [0.2, 0.25) is 0 Å². The molecule has 1 N–H and O–H groups in total. The molecule has 1 aromatic carbocycles. The van der Waals surface area contributed by atoms with Gasteiger partial charge in [0.15, 0.2) is 0 Å². The molecule has 17 heavy (non-hydrogen) atoms. The first-order valence-electron chi connectivity index (χ1n) is 6.00. The number of hydrogen-bond donors (Lipinski definition) is 1. The Morgan fingerprint density at radius 2 is 1.76 bits per heavy atom. The summed E-state index contributed by atoms with van der Waals surface area (Å²) in [4.78, 5) is 0. The molecule has 1 unspecified atom stereocenters. The first kappa shape index (κ1) is 14.4. The van der Waals surface area contributed by atoms with Crippen molar-refractivity contribution in [3.63, 3.8) is 0 Å². The van der Waals surface area contributed by atoms with Crippen molar-refractivity contribution < 1.29 is 4.21 Å². The maximum Gasteiger partial charge on any atom is 0.0357 e. The Kier molecular flexibility index (Phi) is 5.34. The fourth-order valence-corrected chi connectivity index (χ4v) is 2.00. The quantitative estimate of drug-likeness (QED) is 0.817. The normalized spacial score (nSPS) is 13.6. The number of nitrogens with one attached hydrogen (secondary N) is 1. The van der Waals surface area contributed by atoms with Crippen LogP contribution in [0.3, 0.4) is 0 Å². The predicted molar refractivity (Wildman–Crippen MR) is 75.8 cm³/mol. The first-order valence-corrected chi connectivity index (χ1v) is 7.72. The van der Waals surface area contributed by atoms with Crippen molar-refractivity contribution in [2.75, 3.05) is 18.6 Å². The Morgan fingerprint density at radius 3 is 2.24 bits per heavy atom. The summed E-state index contributed by atoms with van der Waals surface area (Å²) in [7, 11) is -0.701. The van der Waals surface area contributed by atoms with E-state index in [0.717, 1.165) is 18.8 Å². The summed E-state index contributed by atoms with van der Waals surface area (Å²) in [6.45, 7) is 8.32. The molecule has 0 saturated heterocycles. The minimum atomic E-state index is -0.701. The van der Waals surface area contributed by atoms with Gasteiger partial charge in [0, 0.05) is 35.9 Å². The molecule has 1 rings (SSSR count). The average Bonchev–Trinajstić information content (AvgIpc) is 2.23. The van der Waals surface area contributed by atoms with E-state index in [9.17, 15) is 4.21 Å². The smallest absolute Gasteiger partial charge is 0.0357 e. The first-order chi connectivity index (χ1) is 7.89. The van der Waals surface area contributed by atoms with Crippen molar-refractivity contribution in [1.29, 1.82) is 0 Å². The standard InChI is InChI=1S/C14H23NOS/c1-14(2,3)13-7-5-12(6-8-13)11-15-9-10-17(4)16/h5-8,15H,9-11H2,1-4H3. The highest BCUT2D eigenvalue weighted by Crippen LogP contribution is 2.21. The van der Waals surface area contributed by atoms with Crippen molar-refractivity contribution in [1.82, 2.24) is 5.32 Å². The molecular formula is C14H23NOS. The fraction of sp³-hybridized carbons (Fsp3) is 0.571. The van der Waals surface area contributed by atoms with Crippen LogP contribution in [0.4, 0.5) is 0 Å². The monoisotopic (exact) mass is 253 g/mol. The molecule has 0 saturated carbocycles. The summed E-state index contributed by atoms with van der Waals surface area (Å²) in [6.07, 6.45) is 1.74. The van der Waals surface area contributed by atoms with E-state index in [-0.39, 0.29) is 5.41 Å². The Balaban J connectivity index is 2.43. The van der Waals surface area contributed by atoms with Gasteiger partial charge in [-0.2, -0.15) is 0 Å². The molecule has 0 aromatic heterocycles. The minimum absolute atomic E-state index is 0.213. The van der Waals surface area contributed by atoms with Gasteiger partial charge >= 0.3 is 0 Å². The number of benzene rings is 1. The lowest BCUT2D eigenvalue weighted by molar-refractivity contribution is 0.589. The molecule has 1 atom stereocenters. The van der Waals surface area contributed by atoms with E-state index >= 15 is 0 Å². The minimum Gasteiger partial charge on any atom is -0.312 e. The van der Waals surface area contributed by atoms with Gasteiger partial charge in [-0.15, -0.1) is 0 Å². The zero-order chi connectivity index (χ0) is 12.9. The van der Waals surface area contributed by atoms with E-state index in [1.165, 1.54) is 11.1 Å². The second-order valence-corrected chi connectivity index (χ2v) is 6.96. The van der Waals surface area contributed by atoms with Crippen molar-refractivity contribution in [3.8, 4) is 0 Å². The van der Waals surface area contributed by atoms with Gasteiger partial charge in [0.05, 0.1) is 0 Å². The van der Waals surface area contributed by atoms with E-state index < -0.39 is 10.8 Å². The van der Waals surface area contributed by atoms with Gasteiger partial charge < -0.3 is 5.32 Å². The third kappa shape index (κ3) is 5.46. The van der Waals surface area contributed by atoms with Gasteiger partial charge in [0.25, 0.3) is 0 Å². The second-order valence-electron chi connectivity index (χ2n) is 5.40. The molecule has 96 valence electrons. The van der Waals surface area contributed by atoms with Crippen LogP contribution in [-0.2, 0) is 22.8 Å². The predicted octanol–water partition coefficient (Wildman–Crippen LogP) is 2.45. The average molecular weight is 253 g/mol. The molecule has 0 spiro atoms. The van der Waals surface area contributed by atoms with Crippen LogP contribution in [0.15, 0.2) is 24.3 Å². The largest absolute Gasteiger partial charge is 0.312 e. The summed E-state index contributed by atoms with van der Waals surface area (Å²) in [5.74, 6) is 0.722. The lowest BCUT2D eigenvalue weighted by Crippen LogP contribution is -2.19. The summed E-state index contributed by atoms with van der Waals surface area (Å²) >= 11 is 0. The molecule has 0 heterocycles. The highest BCUT2D eigenvalue weighted by molar-refractivity contribution is 7.84. The molecule has 0 aliphatic rings. The van der Waals surface area contributed by atoms with Crippen LogP contribution in [0.25, 0.3) is 0 Å². The molecule has 0 amide bonds. The lowest BCUT2D eigenvalue weighted by atomic mass is 9.87. The second kappa shape index (κ2) is 6.31. The third-order valence-electron chi connectivity index (χ3n) is 2.72. The molecule has 3 heteroatoms. The van der Waals surface area contributed by atoms with E-state index in [0.29, 0.717) is 0 Å². The number of rotatable bonds is 5. The summed E-state index contributed by atoms with van der Waals surface area (Å²) in [6, 6.07) is 8.71. The van der Waals surface area contributed by atoms with Gasteiger partial charge in [-0.25, -0.2) is 0 Å². The maximum absolute atomic E-state index is 10.9. The highest BCUT2D eigenvalue weighted by atomic mass is 32.2. The van der Waals surface area contributed by atoms with Crippen LogP contribution >= 0.6 is 0 Å².